The first-order chi connectivity index (χ1) is 15.8. The first kappa shape index (κ1) is 22.9. The molecular formula is C24H16Cl3N3O3. The molecule has 0 atom stereocenters. The highest BCUT2D eigenvalue weighted by Crippen LogP contribution is 2.34. The minimum atomic E-state index is -0.692. The number of rotatable bonds is 5. The number of halogens is 3. The highest BCUT2D eigenvalue weighted by atomic mass is 35.5. The first-order valence-electron chi connectivity index (χ1n) is 9.74. The molecule has 2 N–H and O–H groups in total. The second kappa shape index (κ2) is 9.27. The highest BCUT2D eigenvalue weighted by Gasteiger charge is 2.39. The van der Waals surface area contributed by atoms with Crippen molar-refractivity contribution in [2.24, 2.45) is 0 Å². The van der Waals surface area contributed by atoms with E-state index < -0.39 is 11.8 Å². The van der Waals surface area contributed by atoms with Crippen LogP contribution in [0.4, 0.5) is 17.1 Å². The lowest BCUT2D eigenvalue weighted by atomic mass is 10.1. The van der Waals surface area contributed by atoms with Crippen LogP contribution in [0.1, 0.15) is 15.9 Å². The molecule has 3 amide bonds. The van der Waals surface area contributed by atoms with E-state index >= 15 is 0 Å². The standard InChI is InChI=1S/C24H16Cl3N3O3/c1-13-9-10-16(12-18(13)26)29-22(31)14-5-4-6-15(11-14)28-21-20(27)23(32)30(24(21)33)19-8-3-2-7-17(19)25/h2-12,28H,1H3,(H,29,31). The number of nitrogens with one attached hydrogen (secondary N) is 2. The maximum absolute atomic E-state index is 13.0. The van der Waals surface area contributed by atoms with Crippen LogP contribution in [0.2, 0.25) is 10.0 Å². The van der Waals surface area contributed by atoms with E-state index in [1.54, 1.807) is 60.7 Å². The summed E-state index contributed by atoms with van der Waals surface area (Å²) in [5.41, 5.74) is 2.30. The monoisotopic (exact) mass is 499 g/mol. The molecule has 9 heteroatoms. The van der Waals surface area contributed by atoms with Gasteiger partial charge >= 0.3 is 0 Å². The van der Waals surface area contributed by atoms with E-state index in [1.165, 1.54) is 6.07 Å². The van der Waals surface area contributed by atoms with E-state index in [0.717, 1.165) is 10.5 Å². The number of nitrogens with zero attached hydrogens (tertiary/aromatic N) is 1. The van der Waals surface area contributed by atoms with Gasteiger partial charge in [0.1, 0.15) is 10.7 Å². The normalized spacial score (nSPS) is 13.5. The van der Waals surface area contributed by atoms with Gasteiger partial charge in [0.25, 0.3) is 17.7 Å². The van der Waals surface area contributed by atoms with Crippen LogP contribution in [0.15, 0.2) is 77.5 Å². The van der Waals surface area contributed by atoms with Crippen molar-refractivity contribution in [2.75, 3.05) is 15.5 Å². The number of benzene rings is 3. The number of carbonyl (C=O) groups is 3. The lowest BCUT2D eigenvalue weighted by Crippen LogP contribution is -2.32. The summed E-state index contributed by atoms with van der Waals surface area (Å²) in [6.07, 6.45) is 0. The first-order valence-corrected chi connectivity index (χ1v) is 10.9. The molecule has 0 spiro atoms. The third-order valence-electron chi connectivity index (χ3n) is 4.94. The molecule has 3 aromatic carbocycles. The van der Waals surface area contributed by atoms with Crippen molar-refractivity contribution >= 4 is 69.6 Å². The molecule has 0 saturated heterocycles. The molecule has 0 aromatic heterocycles. The Hall–Kier alpha value is -3.32. The summed E-state index contributed by atoms with van der Waals surface area (Å²) in [5, 5.41) is 6.13. The van der Waals surface area contributed by atoms with Crippen LogP contribution < -0.4 is 15.5 Å². The summed E-state index contributed by atoms with van der Waals surface area (Å²) in [6.45, 7) is 1.87. The zero-order valence-corrected chi connectivity index (χ0v) is 19.4. The van der Waals surface area contributed by atoms with Crippen LogP contribution in [0.3, 0.4) is 0 Å². The number of anilines is 3. The molecule has 0 fully saturated rings. The number of carbonyl (C=O) groups excluding carboxylic acids is 3. The molecular weight excluding hydrogens is 485 g/mol. The highest BCUT2D eigenvalue weighted by molar-refractivity contribution is 6.53. The van der Waals surface area contributed by atoms with Crippen molar-refractivity contribution in [1.82, 2.24) is 0 Å². The lowest BCUT2D eigenvalue weighted by Gasteiger charge is -2.16. The van der Waals surface area contributed by atoms with Crippen molar-refractivity contribution < 1.29 is 14.4 Å². The summed E-state index contributed by atoms with van der Waals surface area (Å²) < 4.78 is 0. The van der Waals surface area contributed by atoms with Gasteiger partial charge in [0.05, 0.1) is 10.7 Å². The lowest BCUT2D eigenvalue weighted by molar-refractivity contribution is -0.120. The van der Waals surface area contributed by atoms with Gasteiger partial charge in [-0.05, 0) is 55.0 Å². The van der Waals surface area contributed by atoms with Crippen molar-refractivity contribution in [3.05, 3.63) is 98.6 Å². The maximum Gasteiger partial charge on any atom is 0.283 e. The van der Waals surface area contributed by atoms with E-state index in [4.69, 9.17) is 34.8 Å². The van der Waals surface area contributed by atoms with E-state index in [2.05, 4.69) is 10.6 Å². The van der Waals surface area contributed by atoms with Gasteiger partial charge in [0, 0.05) is 22.0 Å². The molecule has 1 aliphatic rings. The van der Waals surface area contributed by atoms with Gasteiger partial charge in [0.15, 0.2) is 0 Å². The fraction of sp³-hybridized carbons (Fsp3) is 0.0417. The summed E-state index contributed by atoms with van der Waals surface area (Å²) in [4.78, 5) is 39.2. The Balaban J connectivity index is 1.55. The molecule has 33 heavy (non-hydrogen) atoms. The molecule has 0 aliphatic carbocycles. The fourth-order valence-corrected chi connectivity index (χ4v) is 3.83. The largest absolute Gasteiger partial charge is 0.350 e. The summed E-state index contributed by atoms with van der Waals surface area (Å²) in [6, 6.07) is 18.1. The maximum atomic E-state index is 13.0. The van der Waals surface area contributed by atoms with Crippen LogP contribution >= 0.6 is 34.8 Å². The van der Waals surface area contributed by atoms with Crippen LogP contribution in [0.5, 0.6) is 0 Å². The number of para-hydroxylation sites is 1. The van der Waals surface area contributed by atoms with Gasteiger partial charge in [-0.1, -0.05) is 59.1 Å². The van der Waals surface area contributed by atoms with Crippen LogP contribution in [0, 0.1) is 6.92 Å². The molecule has 0 saturated carbocycles. The zero-order chi connectivity index (χ0) is 23.7. The fourth-order valence-electron chi connectivity index (χ4n) is 3.22. The molecule has 6 nitrogen and oxygen atoms in total. The molecule has 3 aromatic rings. The minimum absolute atomic E-state index is 0.107. The molecule has 0 unspecified atom stereocenters. The van der Waals surface area contributed by atoms with Crippen molar-refractivity contribution in [3.8, 4) is 0 Å². The predicted octanol–water partition coefficient (Wildman–Crippen LogP) is 5.99. The minimum Gasteiger partial charge on any atom is -0.350 e. The SMILES string of the molecule is Cc1ccc(NC(=O)c2cccc(NC3=C(Cl)C(=O)N(c4ccccc4Cl)C3=O)c2)cc1Cl. The molecule has 0 bridgehead atoms. The van der Waals surface area contributed by atoms with Crippen LogP contribution in [-0.4, -0.2) is 17.7 Å². The Bertz CT molecular complexity index is 1340. The smallest absolute Gasteiger partial charge is 0.283 e. The molecule has 1 aliphatic heterocycles. The van der Waals surface area contributed by atoms with E-state index in [-0.39, 0.29) is 27.3 Å². The number of imide groups is 1. The average Bonchev–Trinajstić information content (AvgIpc) is 3.00. The van der Waals surface area contributed by atoms with Gasteiger partial charge in [-0.15, -0.1) is 0 Å². The van der Waals surface area contributed by atoms with Gasteiger partial charge in [-0.3, -0.25) is 14.4 Å². The third-order valence-corrected chi connectivity index (χ3v) is 6.02. The Morgan fingerprint density at radius 2 is 1.58 bits per heavy atom. The third kappa shape index (κ3) is 4.59. The van der Waals surface area contributed by atoms with Crippen molar-refractivity contribution in [1.29, 1.82) is 0 Å². The topological polar surface area (TPSA) is 78.5 Å². The van der Waals surface area contributed by atoms with E-state index in [9.17, 15) is 14.4 Å². The predicted molar refractivity (Wildman–Crippen MR) is 131 cm³/mol. The Labute approximate surface area is 204 Å². The molecule has 4 rings (SSSR count). The quantitative estimate of drug-likeness (QED) is 0.422. The zero-order valence-electron chi connectivity index (χ0n) is 17.2. The van der Waals surface area contributed by atoms with Gasteiger partial charge in [-0.25, -0.2) is 4.90 Å². The summed E-state index contributed by atoms with van der Waals surface area (Å²) >= 11 is 18.4. The Morgan fingerprint density at radius 1 is 0.818 bits per heavy atom. The Kier molecular flexibility index (Phi) is 6.42. The van der Waals surface area contributed by atoms with E-state index in [0.29, 0.717) is 22.0 Å². The molecule has 166 valence electrons. The van der Waals surface area contributed by atoms with Gasteiger partial charge in [-0.2, -0.15) is 0 Å². The summed E-state index contributed by atoms with van der Waals surface area (Å²) in [7, 11) is 0. The average molecular weight is 501 g/mol. The van der Waals surface area contributed by atoms with Crippen LogP contribution in [-0.2, 0) is 9.59 Å². The number of hydrogen-bond donors (Lipinski definition) is 2. The van der Waals surface area contributed by atoms with E-state index in [1.807, 2.05) is 6.92 Å². The summed E-state index contributed by atoms with van der Waals surface area (Å²) in [5.74, 6) is -1.71. The molecule has 1 heterocycles. The van der Waals surface area contributed by atoms with Crippen LogP contribution in [0.25, 0.3) is 0 Å². The molecule has 0 radical (unpaired) electrons. The van der Waals surface area contributed by atoms with Gasteiger partial charge < -0.3 is 10.6 Å². The Morgan fingerprint density at radius 3 is 2.30 bits per heavy atom. The second-order valence-corrected chi connectivity index (χ2v) is 8.40. The second-order valence-electron chi connectivity index (χ2n) is 7.21. The van der Waals surface area contributed by atoms with Crippen molar-refractivity contribution in [3.63, 3.8) is 0 Å². The van der Waals surface area contributed by atoms with Crippen molar-refractivity contribution in [2.45, 2.75) is 6.92 Å². The van der Waals surface area contributed by atoms with Gasteiger partial charge in [0.2, 0.25) is 0 Å². The number of hydrogen-bond acceptors (Lipinski definition) is 4. The number of amides is 3. The number of aryl methyl sites for hydroxylation is 1.